The third-order valence-corrected chi connectivity index (χ3v) is 8.30. The van der Waals surface area contributed by atoms with E-state index in [0.717, 1.165) is 56.2 Å². The van der Waals surface area contributed by atoms with Crippen LogP contribution in [0.15, 0.2) is 96.2 Å². The lowest BCUT2D eigenvalue weighted by Crippen LogP contribution is -2.61. The molecule has 198 valence electrons. The van der Waals surface area contributed by atoms with Crippen LogP contribution in [-0.4, -0.2) is 29.0 Å². The predicted molar refractivity (Wildman–Crippen MR) is 160 cm³/mol. The van der Waals surface area contributed by atoms with Crippen LogP contribution in [0.5, 0.6) is 11.5 Å². The lowest BCUT2D eigenvalue weighted by molar-refractivity contribution is 0.0826. The largest absolute Gasteiger partial charge is 0.489 e. The van der Waals surface area contributed by atoms with E-state index in [0.29, 0.717) is 6.61 Å². The first-order valence-electron chi connectivity index (χ1n) is 13.5. The fraction of sp³-hybridized carbons (Fsp3) is 0.206. The standard InChI is InChI=1S/C34H30N4O2/c1-22-13-15-35-28(17-22)29-18-23(14-16-36-29)20-39-25-11-9-24-10-12-31-32(26(24)19-25)37-21-34(40-31)33(2,3)27-7-5-6-8-30(27)38(34)4/h5-19,21H,20H2,1-4H3. The van der Waals surface area contributed by atoms with E-state index in [1.807, 2.05) is 48.8 Å². The number of likely N-dealkylation sites (N-methyl/N-ethyl adjacent to an activating group) is 1. The van der Waals surface area contributed by atoms with Crippen molar-refractivity contribution >= 4 is 28.4 Å². The van der Waals surface area contributed by atoms with Gasteiger partial charge in [0.2, 0.25) is 5.72 Å². The molecule has 7 rings (SSSR count). The van der Waals surface area contributed by atoms with Gasteiger partial charge in [-0.05, 0) is 91.4 Å². The normalized spacial score (nSPS) is 18.4. The number of pyridine rings is 2. The second kappa shape index (κ2) is 8.91. The molecule has 2 aliphatic rings. The predicted octanol–water partition coefficient (Wildman–Crippen LogP) is 7.40. The van der Waals surface area contributed by atoms with E-state index in [1.54, 1.807) is 6.20 Å². The van der Waals surface area contributed by atoms with Crippen LogP contribution in [0.4, 0.5) is 11.4 Å². The number of benzene rings is 3. The van der Waals surface area contributed by atoms with Crippen molar-refractivity contribution in [3.8, 4) is 22.9 Å². The van der Waals surface area contributed by atoms with Crippen molar-refractivity contribution in [1.29, 1.82) is 0 Å². The molecule has 0 fully saturated rings. The minimum absolute atomic E-state index is 0.295. The third kappa shape index (κ3) is 3.67. The van der Waals surface area contributed by atoms with Crippen LogP contribution in [0.3, 0.4) is 0 Å². The number of nitrogens with zero attached hydrogens (tertiary/aromatic N) is 4. The maximum atomic E-state index is 6.85. The quantitative estimate of drug-likeness (QED) is 0.244. The summed E-state index contributed by atoms with van der Waals surface area (Å²) in [5.74, 6) is 1.54. The Morgan fingerprint density at radius 2 is 1.65 bits per heavy atom. The Labute approximate surface area is 234 Å². The molecule has 0 N–H and O–H groups in total. The van der Waals surface area contributed by atoms with Crippen molar-refractivity contribution in [2.45, 2.75) is 38.5 Å². The number of para-hydroxylation sites is 1. The highest BCUT2D eigenvalue weighted by atomic mass is 16.5. The summed E-state index contributed by atoms with van der Waals surface area (Å²) in [7, 11) is 2.08. The summed E-state index contributed by atoms with van der Waals surface area (Å²) >= 11 is 0. The van der Waals surface area contributed by atoms with Gasteiger partial charge in [-0.25, -0.2) is 0 Å². The lowest BCUT2D eigenvalue weighted by Gasteiger charge is -2.45. The van der Waals surface area contributed by atoms with Crippen LogP contribution >= 0.6 is 0 Å². The molecule has 0 bridgehead atoms. The Kier molecular flexibility index (Phi) is 5.42. The fourth-order valence-electron chi connectivity index (χ4n) is 5.99. The van der Waals surface area contributed by atoms with Crippen LogP contribution in [0.1, 0.15) is 30.5 Å². The highest BCUT2D eigenvalue weighted by molar-refractivity contribution is 6.00. The van der Waals surface area contributed by atoms with Crippen molar-refractivity contribution in [2.24, 2.45) is 4.99 Å². The molecule has 0 amide bonds. The molecule has 0 aliphatic carbocycles. The highest BCUT2D eigenvalue weighted by Crippen LogP contribution is 2.54. The number of anilines is 1. The van der Waals surface area contributed by atoms with Gasteiger partial charge >= 0.3 is 0 Å². The number of rotatable bonds is 4. The average Bonchev–Trinajstić information content (AvgIpc) is 3.14. The maximum absolute atomic E-state index is 6.85. The molecule has 0 saturated carbocycles. The first-order chi connectivity index (χ1) is 19.4. The second-order valence-electron chi connectivity index (χ2n) is 11.1. The van der Waals surface area contributed by atoms with Crippen LogP contribution in [0.2, 0.25) is 0 Å². The molecule has 3 aromatic carbocycles. The molecule has 4 heterocycles. The monoisotopic (exact) mass is 526 g/mol. The molecule has 40 heavy (non-hydrogen) atoms. The van der Waals surface area contributed by atoms with Crippen molar-refractivity contribution in [3.05, 3.63) is 108 Å². The molecule has 5 aromatic rings. The van der Waals surface area contributed by atoms with E-state index < -0.39 is 5.72 Å². The summed E-state index contributed by atoms with van der Waals surface area (Å²) in [4.78, 5) is 16.2. The molecule has 2 aliphatic heterocycles. The van der Waals surface area contributed by atoms with E-state index in [1.165, 1.54) is 5.56 Å². The van der Waals surface area contributed by atoms with E-state index in [4.69, 9.17) is 14.5 Å². The highest BCUT2D eigenvalue weighted by Gasteiger charge is 2.58. The Bertz CT molecular complexity index is 1810. The second-order valence-corrected chi connectivity index (χ2v) is 11.1. The van der Waals surface area contributed by atoms with E-state index >= 15 is 0 Å². The first-order valence-corrected chi connectivity index (χ1v) is 13.5. The van der Waals surface area contributed by atoms with Gasteiger partial charge in [-0.3, -0.25) is 15.0 Å². The Hall–Kier alpha value is -4.71. The zero-order valence-electron chi connectivity index (χ0n) is 23.1. The van der Waals surface area contributed by atoms with Gasteiger partial charge in [-0.15, -0.1) is 0 Å². The minimum atomic E-state index is -0.712. The first kappa shape index (κ1) is 24.3. The van der Waals surface area contributed by atoms with Gasteiger partial charge in [0.05, 0.1) is 23.0 Å². The van der Waals surface area contributed by atoms with E-state index in [-0.39, 0.29) is 5.41 Å². The fourth-order valence-corrected chi connectivity index (χ4v) is 5.99. The van der Waals surface area contributed by atoms with Gasteiger partial charge in [0.1, 0.15) is 23.8 Å². The summed E-state index contributed by atoms with van der Waals surface area (Å²) in [5.41, 5.74) is 6.10. The molecule has 6 heteroatoms. The molecular formula is C34H30N4O2. The maximum Gasteiger partial charge on any atom is 0.228 e. The summed E-state index contributed by atoms with van der Waals surface area (Å²) in [6.07, 6.45) is 5.58. The Morgan fingerprint density at radius 1 is 0.875 bits per heavy atom. The number of ether oxygens (including phenoxy) is 2. The molecule has 2 aromatic heterocycles. The van der Waals surface area contributed by atoms with Gasteiger partial charge in [0.25, 0.3) is 0 Å². The molecule has 6 nitrogen and oxygen atoms in total. The van der Waals surface area contributed by atoms with Crippen LogP contribution < -0.4 is 14.4 Å². The Morgan fingerprint density at radius 3 is 2.48 bits per heavy atom. The van der Waals surface area contributed by atoms with Gasteiger partial charge in [-0.2, -0.15) is 0 Å². The lowest BCUT2D eigenvalue weighted by atomic mass is 9.77. The van der Waals surface area contributed by atoms with Crippen LogP contribution in [-0.2, 0) is 12.0 Å². The number of hydrogen-bond acceptors (Lipinski definition) is 6. The number of aryl methyl sites for hydroxylation is 1. The molecule has 0 radical (unpaired) electrons. The summed E-state index contributed by atoms with van der Waals surface area (Å²) < 4.78 is 13.1. The summed E-state index contributed by atoms with van der Waals surface area (Å²) in [6.45, 7) is 6.91. The van der Waals surface area contributed by atoms with Crippen molar-refractivity contribution < 1.29 is 9.47 Å². The number of aromatic nitrogens is 2. The summed E-state index contributed by atoms with van der Waals surface area (Å²) in [5, 5.41) is 2.08. The minimum Gasteiger partial charge on any atom is -0.489 e. The number of fused-ring (bicyclic) bond motifs is 4. The topological polar surface area (TPSA) is 59.8 Å². The molecule has 0 saturated heterocycles. The zero-order chi connectivity index (χ0) is 27.5. The number of hydrogen-bond donors (Lipinski definition) is 0. The van der Waals surface area contributed by atoms with Crippen molar-refractivity contribution in [2.75, 3.05) is 11.9 Å². The van der Waals surface area contributed by atoms with E-state index in [2.05, 4.69) is 85.2 Å². The van der Waals surface area contributed by atoms with Gasteiger partial charge < -0.3 is 14.4 Å². The van der Waals surface area contributed by atoms with E-state index in [9.17, 15) is 0 Å². The summed E-state index contributed by atoms with van der Waals surface area (Å²) in [6, 6.07) is 26.7. The van der Waals surface area contributed by atoms with Crippen LogP contribution in [0, 0.1) is 6.92 Å². The third-order valence-electron chi connectivity index (χ3n) is 8.30. The Balaban J connectivity index is 1.18. The molecule has 1 spiro atoms. The molecular weight excluding hydrogens is 496 g/mol. The van der Waals surface area contributed by atoms with Crippen molar-refractivity contribution in [1.82, 2.24) is 9.97 Å². The van der Waals surface area contributed by atoms with Gasteiger partial charge in [0, 0.05) is 30.5 Å². The molecule has 1 atom stereocenters. The smallest absolute Gasteiger partial charge is 0.228 e. The average molecular weight is 527 g/mol. The number of aliphatic imine (C=N–C) groups is 1. The van der Waals surface area contributed by atoms with Gasteiger partial charge in [-0.1, -0.05) is 30.3 Å². The zero-order valence-corrected chi connectivity index (χ0v) is 23.1. The molecule has 1 unspecified atom stereocenters. The van der Waals surface area contributed by atoms with Gasteiger partial charge in [0.15, 0.2) is 0 Å². The SMILES string of the molecule is Cc1ccnc(-c2cc(COc3ccc4ccc5c(c4c3)N=CC3(O5)N(C)c4ccccc4C3(C)C)ccn2)c1. The van der Waals surface area contributed by atoms with Crippen LogP contribution in [0.25, 0.3) is 22.2 Å². The van der Waals surface area contributed by atoms with Crippen molar-refractivity contribution in [3.63, 3.8) is 0 Å².